The molecule has 0 saturated carbocycles. The van der Waals surface area contributed by atoms with E-state index in [1.54, 1.807) is 0 Å². The smallest absolute Gasteiger partial charge is 0.238 e. The number of imide groups is 1. The molecule has 0 radical (unpaired) electrons. The van der Waals surface area contributed by atoms with Gasteiger partial charge in [0.05, 0.1) is 70.4 Å². The van der Waals surface area contributed by atoms with Crippen LogP contribution < -0.4 is 24.2 Å². The van der Waals surface area contributed by atoms with Gasteiger partial charge in [-0.25, -0.2) is 18.1 Å². The van der Waals surface area contributed by atoms with Gasteiger partial charge in [-0.3, -0.25) is 9.59 Å². The number of aliphatic carboxylic acids is 1. The molecule has 1 N–H and O–H groups in total. The van der Waals surface area contributed by atoms with Crippen LogP contribution in [0, 0.1) is 29.3 Å². The van der Waals surface area contributed by atoms with E-state index in [0.29, 0.717) is 4.90 Å². The Morgan fingerprint density at radius 1 is 1.07 bits per heavy atom. The fraction of sp³-hybridized carbons (Fsp3) is 0.464. The van der Waals surface area contributed by atoms with Crippen molar-refractivity contribution in [2.75, 3.05) is 59.2 Å². The molecular weight excluding hydrogens is 581 g/mol. The van der Waals surface area contributed by atoms with E-state index in [1.807, 2.05) is 0 Å². The van der Waals surface area contributed by atoms with Gasteiger partial charge in [-0.2, -0.15) is 11.8 Å². The topological polar surface area (TPSA) is 125 Å². The van der Waals surface area contributed by atoms with Gasteiger partial charge in [-0.15, -0.1) is 0 Å². The van der Waals surface area contributed by atoms with E-state index in [4.69, 9.17) is 19.3 Å². The molecule has 0 spiro atoms. The Bertz CT molecular complexity index is 1340. The molecule has 2 aliphatic rings. The van der Waals surface area contributed by atoms with E-state index in [2.05, 4.69) is 21.1 Å². The molecular formula is C28H33F3N2O8S. The third-order valence-corrected chi connectivity index (χ3v) is 8.20. The number of aliphatic hydroxyl groups excluding tert-OH is 1. The van der Waals surface area contributed by atoms with Crippen molar-refractivity contribution in [1.29, 1.82) is 0 Å². The second kappa shape index (κ2) is 13.7. The van der Waals surface area contributed by atoms with Crippen LogP contribution in [0.5, 0.6) is 17.2 Å². The Labute approximate surface area is 245 Å². The number of methoxy groups -OCH3 is 2. The van der Waals surface area contributed by atoms with E-state index >= 15 is 4.39 Å². The minimum Gasteiger partial charge on any atom is -0.549 e. The number of carbonyl (C=O) groups excluding carboxylic acids is 3. The highest BCUT2D eigenvalue weighted by Crippen LogP contribution is 2.45. The number of thioether (sulfide) groups is 1. The molecule has 2 aliphatic heterocycles. The highest BCUT2D eigenvalue weighted by Gasteiger charge is 2.50. The molecule has 0 bridgehead atoms. The lowest BCUT2D eigenvalue weighted by atomic mass is 9.83. The summed E-state index contributed by atoms with van der Waals surface area (Å²) in [6, 6.07) is 3.98. The lowest BCUT2D eigenvalue weighted by Gasteiger charge is -2.35. The zero-order chi connectivity index (χ0) is 31.4. The minimum atomic E-state index is -1.43. The standard InChI is InChI=1S/C23H20F3NO7S.C5H14NO/c1-32-15-4-3-12(24)20(26)11(15)8-34-17-7-14(13(25)6-16(17)33-2)27-18(28)5-10-9-35-21(23(30)31)19(10)22(27)29;1-6(2,3)4-5-7/h3-4,6-7,10,19,21H,5,8-9H2,1-2H3,(H,30,31);7H,4-5H2,1-3H3/q;+1/p-1. The van der Waals surface area contributed by atoms with E-state index < -0.39 is 64.6 Å². The summed E-state index contributed by atoms with van der Waals surface area (Å²) < 4.78 is 59.6. The Morgan fingerprint density at radius 2 is 1.74 bits per heavy atom. The Kier molecular flexibility index (Phi) is 10.7. The molecule has 14 heteroatoms. The summed E-state index contributed by atoms with van der Waals surface area (Å²) in [5.41, 5.74) is -0.733. The van der Waals surface area contributed by atoms with Gasteiger partial charge in [0.25, 0.3) is 0 Å². The fourth-order valence-electron chi connectivity index (χ4n) is 4.57. The summed E-state index contributed by atoms with van der Waals surface area (Å²) in [5, 5.41) is 18.7. The number of anilines is 1. The lowest BCUT2D eigenvalue weighted by molar-refractivity contribution is -0.870. The molecule has 2 heterocycles. The van der Waals surface area contributed by atoms with Crippen molar-refractivity contribution in [3.63, 3.8) is 0 Å². The molecule has 4 rings (SSSR count). The summed E-state index contributed by atoms with van der Waals surface area (Å²) in [4.78, 5) is 38.0. The molecule has 2 aromatic rings. The summed E-state index contributed by atoms with van der Waals surface area (Å²) in [5.74, 6) is -7.91. The third-order valence-electron chi connectivity index (χ3n) is 6.74. The van der Waals surface area contributed by atoms with Gasteiger partial charge >= 0.3 is 0 Å². The van der Waals surface area contributed by atoms with E-state index in [0.717, 1.165) is 41.0 Å². The van der Waals surface area contributed by atoms with Crippen LogP contribution in [0.1, 0.15) is 12.0 Å². The molecule has 2 amide bonds. The van der Waals surface area contributed by atoms with Gasteiger partial charge < -0.3 is 33.7 Å². The lowest BCUT2D eigenvalue weighted by Crippen LogP contribution is -2.53. The number of quaternary nitrogens is 1. The fourth-order valence-corrected chi connectivity index (χ4v) is 6.03. The van der Waals surface area contributed by atoms with Crippen LogP contribution in [-0.4, -0.2) is 86.9 Å². The number of aliphatic hydroxyl groups is 1. The number of ether oxygens (including phenoxy) is 3. The van der Waals surface area contributed by atoms with Gasteiger partial charge in [-0.1, -0.05) is 0 Å². The summed E-state index contributed by atoms with van der Waals surface area (Å²) in [7, 11) is 8.63. The SMILES string of the molecule is COc1cc(F)c(N2C(=O)CC3CSC(C(=O)[O-])C3C2=O)cc1OCc1c(OC)ccc(F)c1F.C[N+](C)(C)CCO. The number of benzene rings is 2. The molecule has 3 unspecified atom stereocenters. The van der Waals surface area contributed by atoms with Crippen molar-refractivity contribution in [2.24, 2.45) is 11.8 Å². The number of piperidine rings is 1. The predicted octanol–water partition coefficient (Wildman–Crippen LogP) is 1.75. The number of amides is 2. The number of hydrogen-bond donors (Lipinski definition) is 1. The minimum absolute atomic E-state index is 0.00434. The maximum Gasteiger partial charge on any atom is 0.238 e. The summed E-state index contributed by atoms with van der Waals surface area (Å²) >= 11 is 1.01. The zero-order valence-electron chi connectivity index (χ0n) is 23.8. The number of carbonyl (C=O) groups is 3. The Balaban J connectivity index is 0.000000616. The molecule has 230 valence electrons. The van der Waals surface area contributed by atoms with Crippen LogP contribution in [0.2, 0.25) is 0 Å². The van der Waals surface area contributed by atoms with E-state index in [9.17, 15) is 28.3 Å². The van der Waals surface area contributed by atoms with Gasteiger partial charge in [0.2, 0.25) is 11.8 Å². The average Bonchev–Trinajstić information content (AvgIpc) is 3.34. The third kappa shape index (κ3) is 7.28. The number of fused-ring (bicyclic) bond motifs is 1. The van der Waals surface area contributed by atoms with Crippen LogP contribution in [0.4, 0.5) is 18.9 Å². The van der Waals surface area contributed by atoms with Gasteiger partial charge in [0, 0.05) is 18.6 Å². The zero-order valence-corrected chi connectivity index (χ0v) is 24.6. The number of rotatable bonds is 9. The van der Waals surface area contributed by atoms with Gasteiger partial charge in [0.15, 0.2) is 29.0 Å². The van der Waals surface area contributed by atoms with Crippen molar-refractivity contribution in [2.45, 2.75) is 18.3 Å². The van der Waals surface area contributed by atoms with Crippen LogP contribution in [-0.2, 0) is 21.0 Å². The highest BCUT2D eigenvalue weighted by atomic mass is 32.2. The van der Waals surface area contributed by atoms with Crippen molar-refractivity contribution in [1.82, 2.24) is 0 Å². The first-order valence-electron chi connectivity index (χ1n) is 12.9. The number of halogens is 3. The number of hydrogen-bond acceptors (Lipinski definition) is 9. The number of carboxylic acids is 1. The molecule has 2 saturated heterocycles. The largest absolute Gasteiger partial charge is 0.549 e. The van der Waals surface area contributed by atoms with Crippen LogP contribution in [0.3, 0.4) is 0 Å². The quantitative estimate of drug-likeness (QED) is 0.332. The molecule has 10 nitrogen and oxygen atoms in total. The van der Waals surface area contributed by atoms with Gasteiger partial charge in [-0.05, 0) is 23.8 Å². The first-order chi connectivity index (χ1) is 19.7. The maximum atomic E-state index is 15.0. The Hall–Kier alpha value is -3.49. The predicted molar refractivity (Wildman–Crippen MR) is 146 cm³/mol. The van der Waals surface area contributed by atoms with Crippen molar-refractivity contribution in [3.05, 3.63) is 47.3 Å². The molecule has 0 aromatic heterocycles. The second-order valence-electron chi connectivity index (χ2n) is 10.7. The molecule has 0 aliphatic carbocycles. The highest BCUT2D eigenvalue weighted by molar-refractivity contribution is 8.00. The van der Waals surface area contributed by atoms with Crippen LogP contribution >= 0.6 is 11.8 Å². The molecule has 42 heavy (non-hydrogen) atoms. The van der Waals surface area contributed by atoms with E-state index in [1.165, 1.54) is 20.3 Å². The number of nitrogens with zero attached hydrogens (tertiary/aromatic N) is 2. The molecule has 2 fully saturated rings. The first-order valence-corrected chi connectivity index (χ1v) is 13.9. The van der Waals surface area contributed by atoms with Crippen molar-refractivity contribution >= 4 is 35.2 Å². The summed E-state index contributed by atoms with van der Waals surface area (Å²) in [6.07, 6.45) is -0.152. The average molecular weight is 615 g/mol. The Morgan fingerprint density at radius 3 is 2.29 bits per heavy atom. The van der Waals surface area contributed by atoms with Crippen molar-refractivity contribution < 1.29 is 56.5 Å². The van der Waals surface area contributed by atoms with Crippen LogP contribution in [0.25, 0.3) is 0 Å². The second-order valence-corrected chi connectivity index (χ2v) is 11.8. The first kappa shape index (κ1) is 33.0. The van der Waals surface area contributed by atoms with E-state index in [-0.39, 0.29) is 41.6 Å². The van der Waals surface area contributed by atoms with Crippen LogP contribution in [0.15, 0.2) is 24.3 Å². The number of carboxylic acid groups (broad SMARTS) is 1. The number of likely N-dealkylation sites (N-methyl/N-ethyl adjacent to an activating group) is 1. The van der Waals surface area contributed by atoms with Crippen molar-refractivity contribution in [3.8, 4) is 17.2 Å². The normalized spacial score (nSPS) is 20.0. The molecule has 3 atom stereocenters. The maximum absolute atomic E-state index is 15.0. The monoisotopic (exact) mass is 614 g/mol. The molecule has 2 aromatic carbocycles. The summed E-state index contributed by atoms with van der Waals surface area (Å²) in [6.45, 7) is 0.563. The van der Waals surface area contributed by atoms with Gasteiger partial charge in [0.1, 0.15) is 18.9 Å².